The van der Waals surface area contributed by atoms with Gasteiger partial charge in [0, 0.05) is 12.5 Å². The van der Waals surface area contributed by atoms with E-state index < -0.39 is 29.3 Å². The predicted octanol–water partition coefficient (Wildman–Crippen LogP) is 1.49. The Morgan fingerprint density at radius 2 is 1.43 bits per heavy atom. The Morgan fingerprint density at radius 3 is 1.86 bits per heavy atom. The average molecular weight is 302 g/mol. The van der Waals surface area contributed by atoms with Crippen molar-refractivity contribution in [2.45, 2.75) is 84.1 Å². The van der Waals surface area contributed by atoms with Crippen molar-refractivity contribution in [3.8, 4) is 0 Å². The summed E-state index contributed by atoms with van der Waals surface area (Å²) in [6.07, 6.45) is 1.23. The lowest BCUT2D eigenvalue weighted by molar-refractivity contribution is -0.157. The summed E-state index contributed by atoms with van der Waals surface area (Å²) < 4.78 is 10.4. The minimum absolute atomic E-state index is 0.256. The van der Waals surface area contributed by atoms with E-state index in [9.17, 15) is 9.59 Å². The molecular weight excluding hydrogens is 272 g/mol. The zero-order valence-corrected chi connectivity index (χ0v) is 14.1. The van der Waals surface area contributed by atoms with Crippen molar-refractivity contribution in [2.24, 2.45) is 11.5 Å². The van der Waals surface area contributed by atoms with Crippen LogP contribution in [0.4, 0.5) is 0 Å². The summed E-state index contributed by atoms with van der Waals surface area (Å²) in [6, 6.07) is -1.43. The number of carbonyl (C=O) groups is 2. The topological polar surface area (TPSA) is 105 Å². The Hall–Kier alpha value is -1.14. The van der Waals surface area contributed by atoms with E-state index in [0.29, 0.717) is 12.8 Å². The molecule has 0 aromatic heterocycles. The van der Waals surface area contributed by atoms with Gasteiger partial charge < -0.3 is 20.9 Å². The Labute approximate surface area is 127 Å². The molecule has 0 saturated heterocycles. The van der Waals surface area contributed by atoms with Gasteiger partial charge >= 0.3 is 11.9 Å². The second-order valence-corrected chi connectivity index (χ2v) is 7.20. The molecule has 0 fully saturated rings. The fourth-order valence-corrected chi connectivity index (χ4v) is 1.60. The molecular formula is C15H30N2O4. The normalized spacial score (nSPS) is 15.2. The lowest BCUT2D eigenvalue weighted by atomic mass is 10.0. The van der Waals surface area contributed by atoms with Gasteiger partial charge in [0.15, 0.2) is 0 Å². The minimum atomic E-state index is -0.886. The van der Waals surface area contributed by atoms with Crippen molar-refractivity contribution in [1.82, 2.24) is 0 Å². The number of ether oxygens (including phenoxy) is 2. The van der Waals surface area contributed by atoms with Crippen molar-refractivity contribution in [3.63, 3.8) is 0 Å². The van der Waals surface area contributed by atoms with Gasteiger partial charge in [-0.05, 0) is 54.4 Å². The zero-order chi connectivity index (χ0) is 16.8. The first-order valence-corrected chi connectivity index (χ1v) is 7.28. The maximum Gasteiger partial charge on any atom is 0.325 e. The van der Waals surface area contributed by atoms with Crippen molar-refractivity contribution >= 4 is 11.9 Å². The van der Waals surface area contributed by atoms with E-state index in [0.717, 1.165) is 0 Å². The highest BCUT2D eigenvalue weighted by Gasteiger charge is 2.27. The van der Waals surface area contributed by atoms with Gasteiger partial charge in [0.05, 0.1) is 0 Å². The number of carbonyl (C=O) groups excluding carboxylic acids is 2. The van der Waals surface area contributed by atoms with Crippen molar-refractivity contribution in [1.29, 1.82) is 0 Å². The summed E-state index contributed by atoms with van der Waals surface area (Å²) in [6.45, 7) is 10.8. The van der Waals surface area contributed by atoms with Crippen LogP contribution < -0.4 is 11.5 Å². The van der Waals surface area contributed by atoms with Gasteiger partial charge in [-0.3, -0.25) is 9.59 Å². The van der Waals surface area contributed by atoms with Crippen LogP contribution in [0, 0.1) is 0 Å². The molecule has 0 rings (SSSR count). The van der Waals surface area contributed by atoms with Crippen molar-refractivity contribution < 1.29 is 19.1 Å². The quantitative estimate of drug-likeness (QED) is 0.720. The molecule has 6 heteroatoms. The highest BCUT2D eigenvalue weighted by molar-refractivity contribution is 5.76. The SMILES string of the molecule is CC(C)(C)OC(=O)CCC[C@H](N)[C@@H](N)C(=O)OC(C)(C)C. The lowest BCUT2D eigenvalue weighted by Gasteiger charge is -2.25. The third kappa shape index (κ3) is 10.3. The van der Waals surface area contributed by atoms with Crippen LogP contribution >= 0.6 is 0 Å². The fourth-order valence-electron chi connectivity index (χ4n) is 1.60. The summed E-state index contributed by atoms with van der Waals surface area (Å²) >= 11 is 0. The molecule has 4 N–H and O–H groups in total. The first-order valence-electron chi connectivity index (χ1n) is 7.28. The Kier molecular flexibility index (Phi) is 7.33. The monoisotopic (exact) mass is 302 g/mol. The Balaban J connectivity index is 4.12. The fraction of sp³-hybridized carbons (Fsp3) is 0.867. The third-order valence-corrected chi connectivity index (χ3v) is 2.48. The van der Waals surface area contributed by atoms with Gasteiger partial charge in [0.25, 0.3) is 0 Å². The highest BCUT2D eigenvalue weighted by atomic mass is 16.6. The standard InChI is InChI=1S/C15H30N2O4/c1-14(2,3)20-11(18)9-7-8-10(16)12(17)13(19)21-15(4,5)6/h10,12H,7-9,16-17H2,1-6H3/t10-,12+/m0/s1. The van der Waals surface area contributed by atoms with Crippen LogP contribution in [-0.4, -0.2) is 35.2 Å². The summed E-state index contributed by atoms with van der Waals surface area (Å²) in [7, 11) is 0. The van der Waals surface area contributed by atoms with E-state index in [2.05, 4.69) is 0 Å². The van der Waals surface area contributed by atoms with Gasteiger partial charge in [0.2, 0.25) is 0 Å². The molecule has 124 valence electrons. The van der Waals surface area contributed by atoms with Gasteiger partial charge in [-0.15, -0.1) is 0 Å². The van der Waals surface area contributed by atoms with Crippen molar-refractivity contribution in [3.05, 3.63) is 0 Å². The van der Waals surface area contributed by atoms with Crippen LogP contribution in [0.1, 0.15) is 60.8 Å². The smallest absolute Gasteiger partial charge is 0.325 e. The second kappa shape index (κ2) is 7.75. The summed E-state index contributed by atoms with van der Waals surface area (Å²) in [4.78, 5) is 23.3. The number of esters is 2. The third-order valence-electron chi connectivity index (χ3n) is 2.48. The van der Waals surface area contributed by atoms with Crippen LogP contribution in [0.3, 0.4) is 0 Å². The molecule has 0 unspecified atom stereocenters. The Bertz CT molecular complexity index is 356. The Morgan fingerprint density at radius 1 is 0.952 bits per heavy atom. The van der Waals surface area contributed by atoms with E-state index in [1.54, 1.807) is 20.8 Å². The molecule has 0 aromatic carbocycles. The maximum atomic E-state index is 11.8. The van der Waals surface area contributed by atoms with Crippen LogP contribution in [0.5, 0.6) is 0 Å². The zero-order valence-electron chi connectivity index (χ0n) is 14.1. The van der Waals surface area contributed by atoms with Gasteiger partial charge in [-0.1, -0.05) is 0 Å². The van der Waals surface area contributed by atoms with Crippen LogP contribution in [0.25, 0.3) is 0 Å². The average Bonchev–Trinajstić information content (AvgIpc) is 2.22. The molecule has 0 bridgehead atoms. The van der Waals surface area contributed by atoms with E-state index in [4.69, 9.17) is 20.9 Å². The molecule has 0 heterocycles. The van der Waals surface area contributed by atoms with E-state index in [-0.39, 0.29) is 12.4 Å². The predicted molar refractivity (Wildman–Crippen MR) is 81.5 cm³/mol. The van der Waals surface area contributed by atoms with Crippen LogP contribution in [0.15, 0.2) is 0 Å². The first kappa shape index (κ1) is 19.9. The second-order valence-electron chi connectivity index (χ2n) is 7.20. The largest absolute Gasteiger partial charge is 0.460 e. The maximum absolute atomic E-state index is 11.8. The molecule has 0 aliphatic carbocycles. The van der Waals surface area contributed by atoms with E-state index in [1.165, 1.54) is 0 Å². The first-order chi connectivity index (χ1) is 9.32. The molecule has 0 aliphatic heterocycles. The van der Waals surface area contributed by atoms with Crippen molar-refractivity contribution in [2.75, 3.05) is 0 Å². The molecule has 21 heavy (non-hydrogen) atoms. The number of hydrogen-bond acceptors (Lipinski definition) is 6. The summed E-state index contributed by atoms with van der Waals surface area (Å²) in [5.41, 5.74) is 10.6. The van der Waals surface area contributed by atoms with Gasteiger partial charge in [0.1, 0.15) is 17.2 Å². The highest BCUT2D eigenvalue weighted by Crippen LogP contribution is 2.12. The summed E-state index contributed by atoms with van der Waals surface area (Å²) in [5.74, 6) is -0.798. The van der Waals surface area contributed by atoms with Crippen LogP contribution in [0.2, 0.25) is 0 Å². The molecule has 6 nitrogen and oxygen atoms in total. The molecule has 0 aliphatic rings. The summed E-state index contributed by atoms with van der Waals surface area (Å²) in [5, 5.41) is 0. The van der Waals surface area contributed by atoms with Gasteiger partial charge in [-0.25, -0.2) is 0 Å². The van der Waals surface area contributed by atoms with Crippen LogP contribution in [-0.2, 0) is 19.1 Å². The molecule has 0 aromatic rings. The lowest BCUT2D eigenvalue weighted by Crippen LogP contribution is -2.49. The minimum Gasteiger partial charge on any atom is -0.460 e. The molecule has 0 saturated carbocycles. The molecule has 0 spiro atoms. The van der Waals surface area contributed by atoms with E-state index >= 15 is 0 Å². The molecule has 2 atom stereocenters. The number of hydrogen-bond donors (Lipinski definition) is 2. The molecule has 0 amide bonds. The van der Waals surface area contributed by atoms with Gasteiger partial charge in [-0.2, -0.15) is 0 Å². The number of rotatable bonds is 6. The van der Waals surface area contributed by atoms with E-state index in [1.807, 2.05) is 20.8 Å². The molecule has 0 radical (unpaired) electrons. The number of nitrogens with two attached hydrogens (primary N) is 2.